The van der Waals surface area contributed by atoms with Gasteiger partial charge in [0.15, 0.2) is 0 Å². The lowest BCUT2D eigenvalue weighted by atomic mass is 10.6. The lowest BCUT2D eigenvalue weighted by Crippen LogP contribution is -2.15. The predicted molar refractivity (Wildman–Crippen MR) is 98.6 cm³/mol. The van der Waals surface area contributed by atoms with Crippen molar-refractivity contribution in [2.75, 3.05) is 104 Å². The van der Waals surface area contributed by atoms with E-state index in [2.05, 4.69) is 15.9 Å². The van der Waals surface area contributed by atoms with Crippen LogP contribution in [0.5, 0.6) is 0 Å². The molecule has 0 unspecified atom stereocenters. The number of ether oxygens (including phenoxy) is 7. The molecule has 0 fully saturated rings. The number of nitrogens with two attached hydrogens (primary N) is 1. The molecule has 0 atom stereocenters. The van der Waals surface area contributed by atoms with Crippen LogP contribution < -0.4 is 5.73 Å². The van der Waals surface area contributed by atoms with E-state index >= 15 is 0 Å². The molecule has 25 heavy (non-hydrogen) atoms. The molecule has 0 saturated carbocycles. The average Bonchev–Trinajstić information content (AvgIpc) is 2.63. The number of rotatable bonds is 22. The maximum absolute atomic E-state index is 5.39. The smallest absolute Gasteiger partial charge is 0.0701 e. The van der Waals surface area contributed by atoms with Gasteiger partial charge in [-0.05, 0) is 0 Å². The van der Waals surface area contributed by atoms with Gasteiger partial charge in [-0.2, -0.15) is 0 Å². The molecule has 9 heteroatoms. The molecule has 0 radical (unpaired) electrons. The minimum atomic E-state index is 0.537. The van der Waals surface area contributed by atoms with Crippen LogP contribution in [0.1, 0.15) is 0 Å². The molecule has 0 amide bonds. The second-order valence-electron chi connectivity index (χ2n) is 4.76. The van der Waals surface area contributed by atoms with Gasteiger partial charge in [-0.25, -0.2) is 0 Å². The minimum absolute atomic E-state index is 0.537. The Bertz CT molecular complexity index is 219. The van der Waals surface area contributed by atoms with Crippen LogP contribution in [0.2, 0.25) is 0 Å². The van der Waals surface area contributed by atoms with E-state index in [0.717, 1.165) is 5.33 Å². The predicted octanol–water partition coefficient (Wildman–Crippen LogP) is 0.456. The van der Waals surface area contributed by atoms with Crippen LogP contribution in [0.25, 0.3) is 0 Å². The van der Waals surface area contributed by atoms with Gasteiger partial charge in [0, 0.05) is 11.9 Å². The standard InChI is InChI=1S/C16H34BrNO7/c17-1-3-19-5-7-21-9-11-23-13-15-25-16-14-24-12-10-22-8-6-20-4-2-18/h1-16,18H2. The van der Waals surface area contributed by atoms with E-state index in [1.54, 1.807) is 0 Å². The molecule has 152 valence electrons. The molecular formula is C16H34BrNO7. The van der Waals surface area contributed by atoms with E-state index in [1.165, 1.54) is 0 Å². The SMILES string of the molecule is NCCOCCOCCOCCOCCOCCOCCOCCBr. The summed E-state index contributed by atoms with van der Waals surface area (Å²) in [7, 11) is 0. The quantitative estimate of drug-likeness (QED) is 0.195. The highest BCUT2D eigenvalue weighted by Crippen LogP contribution is 1.86. The van der Waals surface area contributed by atoms with Crippen LogP contribution in [-0.4, -0.2) is 104 Å². The van der Waals surface area contributed by atoms with Crippen molar-refractivity contribution >= 4 is 15.9 Å². The van der Waals surface area contributed by atoms with Crippen LogP contribution in [0, 0.1) is 0 Å². The number of alkyl halides is 1. The molecule has 0 aromatic rings. The van der Waals surface area contributed by atoms with Gasteiger partial charge in [-0.3, -0.25) is 0 Å². The molecule has 0 bridgehead atoms. The van der Waals surface area contributed by atoms with Crippen molar-refractivity contribution in [1.29, 1.82) is 0 Å². The Kier molecular flexibility index (Phi) is 24.3. The fraction of sp³-hybridized carbons (Fsp3) is 1.00. The lowest BCUT2D eigenvalue weighted by molar-refractivity contribution is -0.0198. The van der Waals surface area contributed by atoms with Crippen LogP contribution in [-0.2, 0) is 33.2 Å². The number of hydrogen-bond donors (Lipinski definition) is 1. The maximum atomic E-state index is 5.39. The second-order valence-corrected chi connectivity index (χ2v) is 5.56. The number of halogens is 1. The van der Waals surface area contributed by atoms with Crippen LogP contribution in [0.4, 0.5) is 0 Å². The molecular weight excluding hydrogens is 398 g/mol. The van der Waals surface area contributed by atoms with Gasteiger partial charge < -0.3 is 38.9 Å². The topological polar surface area (TPSA) is 90.6 Å². The van der Waals surface area contributed by atoms with E-state index in [0.29, 0.717) is 99.0 Å². The summed E-state index contributed by atoms with van der Waals surface area (Å²) in [6.07, 6.45) is 0. The zero-order valence-electron chi connectivity index (χ0n) is 15.1. The highest BCUT2D eigenvalue weighted by Gasteiger charge is 1.94. The largest absolute Gasteiger partial charge is 0.378 e. The summed E-state index contributed by atoms with van der Waals surface area (Å²) in [5, 5.41) is 0.847. The van der Waals surface area contributed by atoms with Gasteiger partial charge in [0.2, 0.25) is 0 Å². The second kappa shape index (κ2) is 24.2. The van der Waals surface area contributed by atoms with Gasteiger partial charge in [0.1, 0.15) is 0 Å². The van der Waals surface area contributed by atoms with Crippen LogP contribution in [0.3, 0.4) is 0 Å². The summed E-state index contributed by atoms with van der Waals surface area (Å²) >= 11 is 3.29. The van der Waals surface area contributed by atoms with Crippen LogP contribution in [0.15, 0.2) is 0 Å². The van der Waals surface area contributed by atoms with Gasteiger partial charge in [0.25, 0.3) is 0 Å². The molecule has 0 rings (SSSR count). The third kappa shape index (κ3) is 24.2. The molecule has 0 aromatic heterocycles. The molecule has 0 aliphatic heterocycles. The normalized spacial score (nSPS) is 11.3. The number of hydrogen-bond acceptors (Lipinski definition) is 8. The Labute approximate surface area is 159 Å². The Hall–Kier alpha value is 0.160. The molecule has 2 N–H and O–H groups in total. The average molecular weight is 432 g/mol. The minimum Gasteiger partial charge on any atom is -0.378 e. The van der Waals surface area contributed by atoms with Crippen molar-refractivity contribution in [2.45, 2.75) is 0 Å². The monoisotopic (exact) mass is 431 g/mol. The first-order chi connectivity index (χ1) is 12.4. The van der Waals surface area contributed by atoms with Crippen LogP contribution >= 0.6 is 15.9 Å². The Balaban J connectivity index is 2.94. The first-order valence-electron chi connectivity index (χ1n) is 8.72. The third-order valence-corrected chi connectivity index (χ3v) is 3.04. The van der Waals surface area contributed by atoms with Gasteiger partial charge in [0.05, 0.1) is 92.5 Å². The molecule has 0 aromatic carbocycles. The van der Waals surface area contributed by atoms with Crippen molar-refractivity contribution in [1.82, 2.24) is 0 Å². The van der Waals surface area contributed by atoms with E-state index in [-0.39, 0.29) is 0 Å². The van der Waals surface area contributed by atoms with E-state index in [4.69, 9.17) is 38.9 Å². The zero-order valence-corrected chi connectivity index (χ0v) is 16.7. The molecule has 0 aliphatic rings. The third-order valence-electron chi connectivity index (χ3n) is 2.72. The summed E-state index contributed by atoms with van der Waals surface area (Å²) < 4.78 is 37.3. The van der Waals surface area contributed by atoms with Crippen molar-refractivity contribution in [3.8, 4) is 0 Å². The fourth-order valence-corrected chi connectivity index (χ4v) is 1.79. The molecule has 0 heterocycles. The zero-order chi connectivity index (χ0) is 18.3. The Morgan fingerprint density at radius 1 is 0.400 bits per heavy atom. The fourth-order valence-electron chi connectivity index (χ4n) is 1.56. The van der Waals surface area contributed by atoms with Gasteiger partial charge in [-0.1, -0.05) is 15.9 Å². The maximum Gasteiger partial charge on any atom is 0.0701 e. The summed E-state index contributed by atoms with van der Waals surface area (Å²) in [5.74, 6) is 0. The summed E-state index contributed by atoms with van der Waals surface area (Å²) in [5.41, 5.74) is 5.30. The lowest BCUT2D eigenvalue weighted by Gasteiger charge is -2.08. The van der Waals surface area contributed by atoms with E-state index < -0.39 is 0 Å². The molecule has 0 spiro atoms. The van der Waals surface area contributed by atoms with Gasteiger partial charge >= 0.3 is 0 Å². The first-order valence-corrected chi connectivity index (χ1v) is 9.84. The molecule has 8 nitrogen and oxygen atoms in total. The Morgan fingerprint density at radius 3 is 0.880 bits per heavy atom. The van der Waals surface area contributed by atoms with E-state index in [9.17, 15) is 0 Å². The van der Waals surface area contributed by atoms with E-state index in [1.807, 2.05) is 0 Å². The van der Waals surface area contributed by atoms with Gasteiger partial charge in [-0.15, -0.1) is 0 Å². The van der Waals surface area contributed by atoms with Crippen molar-refractivity contribution in [2.24, 2.45) is 5.73 Å². The van der Waals surface area contributed by atoms with Crippen molar-refractivity contribution in [3.63, 3.8) is 0 Å². The summed E-state index contributed by atoms with van der Waals surface area (Å²) in [6, 6.07) is 0. The van der Waals surface area contributed by atoms with Crippen molar-refractivity contribution in [3.05, 3.63) is 0 Å². The van der Waals surface area contributed by atoms with Crippen molar-refractivity contribution < 1.29 is 33.2 Å². The highest BCUT2D eigenvalue weighted by molar-refractivity contribution is 9.09. The molecule has 0 saturated heterocycles. The summed E-state index contributed by atoms with van der Waals surface area (Å²) in [4.78, 5) is 0. The summed E-state index contributed by atoms with van der Waals surface area (Å²) in [6.45, 7) is 8.56. The first kappa shape index (κ1) is 25.2. The Morgan fingerprint density at radius 2 is 0.640 bits per heavy atom. The molecule has 0 aliphatic carbocycles. The highest BCUT2D eigenvalue weighted by atomic mass is 79.9.